The summed E-state index contributed by atoms with van der Waals surface area (Å²) >= 11 is 0. The number of unbranched alkanes of at least 4 members (excludes halogenated alkanes) is 1. The van der Waals surface area contributed by atoms with Crippen LogP contribution in [0.25, 0.3) is 0 Å². The second-order valence-electron chi connectivity index (χ2n) is 3.98. The van der Waals surface area contributed by atoms with Gasteiger partial charge in [-0.1, -0.05) is 27.2 Å². The van der Waals surface area contributed by atoms with Crippen LogP contribution in [0.2, 0.25) is 0 Å². The number of nitriles is 1. The number of nitrogens with zero attached hydrogens (tertiary/aromatic N) is 2. The van der Waals surface area contributed by atoms with Gasteiger partial charge in [0.05, 0.1) is 0 Å². The number of hydrogen-bond donors (Lipinski definition) is 0. The van der Waals surface area contributed by atoms with Crippen molar-refractivity contribution >= 4 is 0 Å². The smallest absolute Gasteiger partial charge is 0.179 e. The van der Waals surface area contributed by atoms with Crippen molar-refractivity contribution < 1.29 is 0 Å². The van der Waals surface area contributed by atoms with Crippen molar-refractivity contribution in [1.82, 2.24) is 4.90 Å². The number of rotatable bonds is 7. The van der Waals surface area contributed by atoms with Gasteiger partial charge < -0.3 is 4.90 Å². The van der Waals surface area contributed by atoms with E-state index in [9.17, 15) is 0 Å². The predicted octanol–water partition coefficient (Wildman–Crippen LogP) is 3.01. The van der Waals surface area contributed by atoms with E-state index in [1.807, 2.05) is 4.90 Å². The topological polar surface area (TPSA) is 27.0 Å². The van der Waals surface area contributed by atoms with Crippen LogP contribution in [0.3, 0.4) is 0 Å². The Labute approximate surface area is 82.5 Å². The van der Waals surface area contributed by atoms with E-state index in [2.05, 4.69) is 27.0 Å². The zero-order valence-corrected chi connectivity index (χ0v) is 9.21. The van der Waals surface area contributed by atoms with Gasteiger partial charge in [0.1, 0.15) is 0 Å². The molecule has 0 aliphatic rings. The predicted molar refractivity (Wildman–Crippen MR) is 56.2 cm³/mol. The van der Waals surface area contributed by atoms with E-state index in [4.69, 9.17) is 5.26 Å². The lowest BCUT2D eigenvalue weighted by Crippen LogP contribution is -2.20. The van der Waals surface area contributed by atoms with Crippen molar-refractivity contribution in [1.29, 1.82) is 5.26 Å². The second-order valence-corrected chi connectivity index (χ2v) is 3.98. The van der Waals surface area contributed by atoms with Gasteiger partial charge in [0, 0.05) is 13.1 Å². The molecule has 0 aromatic rings. The van der Waals surface area contributed by atoms with Crippen molar-refractivity contribution in [2.75, 3.05) is 13.1 Å². The summed E-state index contributed by atoms with van der Waals surface area (Å²) in [5.41, 5.74) is 0. The first-order chi connectivity index (χ1) is 6.20. The van der Waals surface area contributed by atoms with E-state index in [1.54, 1.807) is 0 Å². The Bertz CT molecular complexity index is 147. The number of hydrogen-bond acceptors (Lipinski definition) is 2. The third-order valence-corrected chi connectivity index (χ3v) is 2.13. The summed E-state index contributed by atoms with van der Waals surface area (Å²) < 4.78 is 0. The van der Waals surface area contributed by atoms with Gasteiger partial charge in [0.2, 0.25) is 0 Å². The molecule has 0 rings (SSSR count). The first-order valence-corrected chi connectivity index (χ1v) is 5.35. The lowest BCUT2D eigenvalue weighted by atomic mass is 10.1. The quantitative estimate of drug-likeness (QED) is 0.447. The zero-order valence-electron chi connectivity index (χ0n) is 9.21. The first-order valence-electron chi connectivity index (χ1n) is 5.35. The summed E-state index contributed by atoms with van der Waals surface area (Å²) in [6, 6.07) is 0. The Hall–Kier alpha value is -0.710. The maximum Gasteiger partial charge on any atom is 0.179 e. The van der Waals surface area contributed by atoms with Crippen molar-refractivity contribution in [3.8, 4) is 6.19 Å². The Morgan fingerprint density at radius 3 is 2.31 bits per heavy atom. The maximum atomic E-state index is 8.79. The third-order valence-electron chi connectivity index (χ3n) is 2.13. The van der Waals surface area contributed by atoms with Gasteiger partial charge in [-0.05, 0) is 25.2 Å². The van der Waals surface area contributed by atoms with Crippen LogP contribution in [0.5, 0.6) is 0 Å². The molecule has 0 amide bonds. The molecule has 0 saturated heterocycles. The van der Waals surface area contributed by atoms with E-state index in [1.165, 1.54) is 12.8 Å². The molecule has 0 fully saturated rings. The van der Waals surface area contributed by atoms with Crippen LogP contribution < -0.4 is 0 Å². The SMILES string of the molecule is CCCCN(C#N)CCCC(C)C. The van der Waals surface area contributed by atoms with Crippen LogP contribution >= 0.6 is 0 Å². The molecular formula is C11H22N2. The molecule has 0 spiro atoms. The van der Waals surface area contributed by atoms with Crippen LogP contribution in [0.4, 0.5) is 0 Å². The van der Waals surface area contributed by atoms with E-state index >= 15 is 0 Å². The van der Waals surface area contributed by atoms with Gasteiger partial charge in [-0.25, -0.2) is 0 Å². The Morgan fingerprint density at radius 1 is 1.23 bits per heavy atom. The summed E-state index contributed by atoms with van der Waals surface area (Å²) in [6.07, 6.45) is 6.92. The summed E-state index contributed by atoms with van der Waals surface area (Å²) in [7, 11) is 0. The van der Waals surface area contributed by atoms with Crippen LogP contribution in [-0.4, -0.2) is 18.0 Å². The highest BCUT2D eigenvalue weighted by Crippen LogP contribution is 2.05. The second kappa shape index (κ2) is 7.91. The van der Waals surface area contributed by atoms with Crippen molar-refractivity contribution in [2.24, 2.45) is 5.92 Å². The zero-order chi connectivity index (χ0) is 10.1. The molecule has 0 aromatic heterocycles. The lowest BCUT2D eigenvalue weighted by molar-refractivity contribution is 0.360. The summed E-state index contributed by atoms with van der Waals surface area (Å²) in [5.74, 6) is 0.756. The highest BCUT2D eigenvalue weighted by atomic mass is 15.1. The normalized spacial score (nSPS) is 10.1. The van der Waals surface area contributed by atoms with Gasteiger partial charge in [-0.15, -0.1) is 0 Å². The van der Waals surface area contributed by atoms with Gasteiger partial charge in [0.25, 0.3) is 0 Å². The molecule has 0 bridgehead atoms. The van der Waals surface area contributed by atoms with Crippen LogP contribution in [0.1, 0.15) is 46.5 Å². The molecule has 76 valence electrons. The lowest BCUT2D eigenvalue weighted by Gasteiger charge is -2.15. The minimum Gasteiger partial charge on any atom is -0.311 e. The van der Waals surface area contributed by atoms with E-state index in [-0.39, 0.29) is 0 Å². The molecule has 2 nitrogen and oxygen atoms in total. The molecule has 2 heteroatoms. The van der Waals surface area contributed by atoms with Crippen molar-refractivity contribution in [3.63, 3.8) is 0 Å². The molecule has 0 unspecified atom stereocenters. The average Bonchev–Trinajstić information content (AvgIpc) is 2.10. The molecule has 0 aromatic carbocycles. The largest absolute Gasteiger partial charge is 0.311 e. The Kier molecular flexibility index (Phi) is 7.48. The van der Waals surface area contributed by atoms with Crippen molar-refractivity contribution in [2.45, 2.75) is 46.5 Å². The van der Waals surface area contributed by atoms with E-state index < -0.39 is 0 Å². The highest BCUT2D eigenvalue weighted by Gasteiger charge is 2.01. The third kappa shape index (κ3) is 7.64. The Morgan fingerprint density at radius 2 is 1.85 bits per heavy atom. The van der Waals surface area contributed by atoms with Gasteiger partial charge in [0.15, 0.2) is 6.19 Å². The van der Waals surface area contributed by atoms with Crippen LogP contribution in [0, 0.1) is 17.4 Å². The summed E-state index contributed by atoms with van der Waals surface area (Å²) in [6.45, 7) is 8.48. The average molecular weight is 182 g/mol. The molecule has 13 heavy (non-hydrogen) atoms. The van der Waals surface area contributed by atoms with Crippen molar-refractivity contribution in [3.05, 3.63) is 0 Å². The first kappa shape index (κ1) is 12.3. The monoisotopic (exact) mass is 182 g/mol. The Balaban J connectivity index is 3.44. The molecule has 0 radical (unpaired) electrons. The van der Waals surface area contributed by atoms with E-state index in [0.717, 1.165) is 31.8 Å². The molecule has 0 aliphatic heterocycles. The van der Waals surface area contributed by atoms with Crippen LogP contribution in [-0.2, 0) is 0 Å². The fourth-order valence-electron chi connectivity index (χ4n) is 1.25. The minimum absolute atomic E-state index is 0.756. The summed E-state index contributed by atoms with van der Waals surface area (Å²) in [4.78, 5) is 1.88. The molecule has 0 N–H and O–H groups in total. The van der Waals surface area contributed by atoms with Gasteiger partial charge in [-0.3, -0.25) is 0 Å². The highest BCUT2D eigenvalue weighted by molar-refractivity contribution is 4.72. The molecule has 0 saturated carbocycles. The molecule has 0 atom stereocenters. The maximum absolute atomic E-state index is 8.79. The van der Waals surface area contributed by atoms with Gasteiger partial charge in [-0.2, -0.15) is 5.26 Å². The summed E-state index contributed by atoms with van der Waals surface area (Å²) in [5, 5.41) is 8.79. The van der Waals surface area contributed by atoms with E-state index in [0.29, 0.717) is 0 Å². The minimum atomic E-state index is 0.756. The fourth-order valence-corrected chi connectivity index (χ4v) is 1.25. The standard InChI is InChI=1S/C11H22N2/c1-4-5-8-13(10-12)9-6-7-11(2)3/h11H,4-9H2,1-3H3. The van der Waals surface area contributed by atoms with Crippen LogP contribution in [0.15, 0.2) is 0 Å². The molecule has 0 heterocycles. The molecular weight excluding hydrogens is 160 g/mol. The van der Waals surface area contributed by atoms with Gasteiger partial charge >= 0.3 is 0 Å². The molecule has 0 aliphatic carbocycles. The fraction of sp³-hybridized carbons (Fsp3) is 0.909.